The fourth-order valence-electron chi connectivity index (χ4n) is 4.86. The van der Waals surface area contributed by atoms with Crippen LogP contribution < -0.4 is 5.32 Å². The van der Waals surface area contributed by atoms with Crippen LogP contribution >= 0.6 is 11.3 Å². The number of aromatic nitrogens is 2. The first kappa shape index (κ1) is 24.5. The number of hydrogen-bond acceptors (Lipinski definition) is 7. The zero-order valence-electron chi connectivity index (χ0n) is 20.9. The lowest BCUT2D eigenvalue weighted by Crippen LogP contribution is -2.51. The Bertz CT molecular complexity index is 1440. The summed E-state index contributed by atoms with van der Waals surface area (Å²) < 4.78 is 0.913. The Hall–Kier alpha value is -3.82. The third-order valence-corrected chi connectivity index (χ3v) is 8.41. The average Bonchev–Trinajstić information content (AvgIpc) is 3.73. The highest BCUT2D eigenvalue weighted by molar-refractivity contribution is 7.22. The zero-order chi connectivity index (χ0) is 26.1. The number of benzene rings is 2. The number of thiophene rings is 1. The first-order valence-corrected chi connectivity index (χ1v) is 13.8. The summed E-state index contributed by atoms with van der Waals surface area (Å²) in [6.45, 7) is 2.30. The van der Waals surface area contributed by atoms with Crippen LogP contribution in [0.4, 0.5) is 5.82 Å². The van der Waals surface area contributed by atoms with E-state index in [2.05, 4.69) is 15.3 Å². The maximum Gasteiger partial charge on any atom is 0.253 e. The molecule has 9 heteroatoms. The van der Waals surface area contributed by atoms with Gasteiger partial charge >= 0.3 is 0 Å². The normalized spacial score (nSPS) is 16.4. The van der Waals surface area contributed by atoms with Gasteiger partial charge < -0.3 is 20.2 Å². The lowest BCUT2D eigenvalue weighted by Gasteiger charge is -2.35. The predicted octanol–water partition coefficient (Wildman–Crippen LogP) is 4.20. The third kappa shape index (κ3) is 4.99. The van der Waals surface area contributed by atoms with Crippen molar-refractivity contribution >= 4 is 39.2 Å². The Morgan fingerprint density at radius 1 is 0.974 bits per heavy atom. The number of fused-ring (bicyclic) bond motifs is 1. The van der Waals surface area contributed by atoms with Gasteiger partial charge in [0.15, 0.2) is 0 Å². The number of aliphatic hydroxyl groups excluding tert-OH is 1. The molecule has 8 nitrogen and oxygen atoms in total. The maximum atomic E-state index is 13.1. The standard InChI is InChI=1S/C29H29N5O3S/c35-17-24(19-4-2-1-3-5-19)32-27-26-23(30-18-31-27)16-25(38-26)20-6-8-21(9-7-20)28(36)33-12-14-34(15-13-33)29(37)22-10-11-22/h1-9,16,18,22,24,35H,10-15,17H2,(H,30,31,32)/t24-/m1/s1. The number of anilines is 1. The summed E-state index contributed by atoms with van der Waals surface area (Å²) in [7, 11) is 0. The zero-order valence-corrected chi connectivity index (χ0v) is 21.7. The third-order valence-electron chi connectivity index (χ3n) is 7.23. The molecular formula is C29H29N5O3S. The Morgan fingerprint density at radius 2 is 1.68 bits per heavy atom. The van der Waals surface area contributed by atoms with Crippen molar-refractivity contribution in [2.24, 2.45) is 5.92 Å². The van der Waals surface area contributed by atoms with Gasteiger partial charge in [0, 0.05) is 42.5 Å². The van der Waals surface area contributed by atoms with Gasteiger partial charge in [-0.3, -0.25) is 9.59 Å². The molecule has 2 aromatic carbocycles. The van der Waals surface area contributed by atoms with E-state index in [-0.39, 0.29) is 30.4 Å². The van der Waals surface area contributed by atoms with Crippen LogP contribution in [0.3, 0.4) is 0 Å². The summed E-state index contributed by atoms with van der Waals surface area (Å²) in [5, 5.41) is 13.3. The van der Waals surface area contributed by atoms with Gasteiger partial charge in [0.2, 0.25) is 5.91 Å². The number of nitrogens with one attached hydrogen (secondary N) is 1. The number of piperazine rings is 1. The van der Waals surface area contributed by atoms with Gasteiger partial charge in [-0.05, 0) is 42.2 Å². The molecule has 2 amide bonds. The Morgan fingerprint density at radius 3 is 2.37 bits per heavy atom. The van der Waals surface area contributed by atoms with Gasteiger partial charge in [0.05, 0.1) is 22.9 Å². The van der Waals surface area contributed by atoms with Gasteiger partial charge in [-0.1, -0.05) is 42.5 Å². The molecule has 0 unspecified atom stereocenters. The number of amides is 2. The smallest absolute Gasteiger partial charge is 0.253 e. The van der Waals surface area contributed by atoms with Crippen LogP contribution in [-0.4, -0.2) is 69.5 Å². The van der Waals surface area contributed by atoms with Gasteiger partial charge in [-0.25, -0.2) is 9.97 Å². The van der Waals surface area contributed by atoms with Gasteiger partial charge in [-0.15, -0.1) is 11.3 Å². The number of hydrogen-bond donors (Lipinski definition) is 2. The number of carbonyl (C=O) groups excluding carboxylic acids is 2. The van der Waals surface area contributed by atoms with Crippen LogP contribution in [0.25, 0.3) is 20.7 Å². The Balaban J connectivity index is 1.16. The predicted molar refractivity (Wildman–Crippen MR) is 148 cm³/mol. The van der Waals surface area contributed by atoms with Crippen LogP contribution in [0.2, 0.25) is 0 Å². The Kier molecular flexibility index (Phi) is 6.78. The SMILES string of the molecule is O=C(c1ccc(-c2cc3ncnc(N[C@H](CO)c4ccccc4)c3s2)cc1)N1CCN(C(=O)C2CC2)CC1. The van der Waals surface area contributed by atoms with E-state index < -0.39 is 0 Å². The monoisotopic (exact) mass is 527 g/mol. The highest BCUT2D eigenvalue weighted by Gasteiger charge is 2.35. The first-order valence-electron chi connectivity index (χ1n) is 13.0. The molecule has 194 valence electrons. The summed E-state index contributed by atoms with van der Waals surface area (Å²) >= 11 is 1.58. The first-order chi connectivity index (χ1) is 18.6. The number of carbonyl (C=O) groups is 2. The van der Waals surface area contributed by atoms with Crippen molar-refractivity contribution < 1.29 is 14.7 Å². The molecule has 4 aromatic rings. The van der Waals surface area contributed by atoms with Gasteiger partial charge in [-0.2, -0.15) is 0 Å². The number of nitrogens with zero attached hydrogens (tertiary/aromatic N) is 4. The summed E-state index contributed by atoms with van der Waals surface area (Å²) in [5.74, 6) is 1.15. The van der Waals surface area contributed by atoms with E-state index in [0.717, 1.165) is 39.1 Å². The second-order valence-corrected chi connectivity index (χ2v) is 10.9. The van der Waals surface area contributed by atoms with Crippen LogP contribution in [-0.2, 0) is 4.79 Å². The van der Waals surface area contributed by atoms with Crippen molar-refractivity contribution in [1.29, 1.82) is 0 Å². The van der Waals surface area contributed by atoms with E-state index in [1.54, 1.807) is 11.3 Å². The molecule has 3 heterocycles. The minimum Gasteiger partial charge on any atom is -0.394 e. The fraction of sp³-hybridized carbons (Fsp3) is 0.310. The molecule has 0 spiro atoms. The van der Waals surface area contributed by atoms with Crippen LogP contribution in [0.1, 0.15) is 34.8 Å². The van der Waals surface area contributed by atoms with Gasteiger partial charge in [0.25, 0.3) is 5.91 Å². The Labute approximate surface area is 224 Å². The van der Waals surface area contributed by atoms with Crippen molar-refractivity contribution in [3.05, 3.63) is 78.1 Å². The summed E-state index contributed by atoms with van der Waals surface area (Å²) in [6.07, 6.45) is 3.54. The molecule has 1 aliphatic heterocycles. The van der Waals surface area contributed by atoms with Crippen molar-refractivity contribution in [3.8, 4) is 10.4 Å². The molecule has 6 rings (SSSR count). The van der Waals surface area contributed by atoms with E-state index in [1.807, 2.05) is 70.5 Å². The van der Waals surface area contributed by atoms with Crippen LogP contribution in [0.5, 0.6) is 0 Å². The molecule has 2 aromatic heterocycles. The molecule has 1 aliphatic carbocycles. The molecule has 1 atom stereocenters. The number of rotatable bonds is 7. The van der Waals surface area contributed by atoms with Crippen molar-refractivity contribution in [2.75, 3.05) is 38.1 Å². The maximum absolute atomic E-state index is 13.1. The lowest BCUT2D eigenvalue weighted by atomic mass is 10.1. The van der Waals surface area contributed by atoms with Crippen LogP contribution in [0.15, 0.2) is 67.0 Å². The van der Waals surface area contributed by atoms with E-state index in [0.29, 0.717) is 37.6 Å². The molecule has 2 N–H and O–H groups in total. The van der Waals surface area contributed by atoms with Gasteiger partial charge in [0.1, 0.15) is 12.1 Å². The topological polar surface area (TPSA) is 98.7 Å². The molecule has 2 fully saturated rings. The molecule has 0 bridgehead atoms. The second-order valence-electron chi connectivity index (χ2n) is 9.81. The summed E-state index contributed by atoms with van der Waals surface area (Å²) in [6, 6.07) is 19.2. The van der Waals surface area contributed by atoms with Crippen molar-refractivity contribution in [2.45, 2.75) is 18.9 Å². The second kappa shape index (κ2) is 10.5. The van der Waals surface area contributed by atoms with Crippen molar-refractivity contribution in [3.63, 3.8) is 0 Å². The van der Waals surface area contributed by atoms with E-state index in [4.69, 9.17) is 0 Å². The summed E-state index contributed by atoms with van der Waals surface area (Å²) in [4.78, 5) is 39.0. The molecule has 38 heavy (non-hydrogen) atoms. The molecule has 1 saturated heterocycles. The van der Waals surface area contributed by atoms with E-state index in [9.17, 15) is 14.7 Å². The molecule has 1 saturated carbocycles. The average molecular weight is 528 g/mol. The van der Waals surface area contributed by atoms with Crippen LogP contribution in [0, 0.1) is 5.92 Å². The van der Waals surface area contributed by atoms with Crippen molar-refractivity contribution in [1.82, 2.24) is 19.8 Å². The minimum absolute atomic E-state index is 0.000258. The highest BCUT2D eigenvalue weighted by atomic mass is 32.1. The molecule has 2 aliphatic rings. The highest BCUT2D eigenvalue weighted by Crippen LogP contribution is 2.37. The largest absolute Gasteiger partial charge is 0.394 e. The quantitative estimate of drug-likeness (QED) is 0.374. The van der Waals surface area contributed by atoms with E-state index in [1.165, 1.54) is 6.33 Å². The molecule has 0 radical (unpaired) electrons. The molecular weight excluding hydrogens is 498 g/mol. The lowest BCUT2D eigenvalue weighted by molar-refractivity contribution is -0.134. The van der Waals surface area contributed by atoms with E-state index >= 15 is 0 Å². The number of aliphatic hydroxyl groups is 1. The fourth-order valence-corrected chi connectivity index (χ4v) is 5.93. The minimum atomic E-state index is -0.279. The summed E-state index contributed by atoms with van der Waals surface area (Å²) in [5.41, 5.74) is 3.45.